The van der Waals surface area contributed by atoms with E-state index in [1.165, 1.54) is 11.1 Å². The largest absolute Gasteiger partial charge is 0.390 e. The van der Waals surface area contributed by atoms with E-state index in [-0.39, 0.29) is 5.92 Å². The molecular weight excluding hydrogens is 392 g/mol. The Hall–Kier alpha value is -0.640. The third-order valence-electron chi connectivity index (χ3n) is 3.79. The highest BCUT2D eigenvalue weighted by atomic mass is 79.9. The predicted octanol–water partition coefficient (Wildman–Crippen LogP) is 5.38. The van der Waals surface area contributed by atoms with Gasteiger partial charge in [0.05, 0.1) is 5.60 Å². The second-order valence-corrected chi connectivity index (χ2v) is 7.84. The van der Waals surface area contributed by atoms with Gasteiger partial charge in [-0.15, -0.1) is 0 Å². The van der Waals surface area contributed by atoms with Crippen molar-refractivity contribution in [2.45, 2.75) is 32.3 Å². The SMILES string of the molecule is CC(C)(O)C(Cc1ccc(Br)cc1)Cc1ccc(Br)cc1. The van der Waals surface area contributed by atoms with E-state index in [1.54, 1.807) is 0 Å². The van der Waals surface area contributed by atoms with Crippen molar-refractivity contribution in [3.63, 3.8) is 0 Å². The topological polar surface area (TPSA) is 20.2 Å². The number of hydrogen-bond acceptors (Lipinski definition) is 1. The van der Waals surface area contributed by atoms with Crippen molar-refractivity contribution in [3.8, 4) is 0 Å². The van der Waals surface area contributed by atoms with Gasteiger partial charge in [0.15, 0.2) is 0 Å². The van der Waals surface area contributed by atoms with Crippen LogP contribution in [0, 0.1) is 5.92 Å². The molecule has 0 saturated carbocycles. The summed E-state index contributed by atoms with van der Waals surface area (Å²) >= 11 is 6.92. The standard InChI is InChI=1S/C18H20Br2O/c1-18(2,21)15(11-13-3-7-16(19)8-4-13)12-14-5-9-17(20)10-6-14/h3-10,15,21H,11-12H2,1-2H3. The summed E-state index contributed by atoms with van der Waals surface area (Å²) in [6.45, 7) is 3.80. The monoisotopic (exact) mass is 410 g/mol. The molecule has 1 N–H and O–H groups in total. The fourth-order valence-corrected chi connectivity index (χ4v) is 2.91. The molecule has 0 aliphatic rings. The van der Waals surface area contributed by atoms with Crippen molar-refractivity contribution in [1.82, 2.24) is 0 Å². The lowest BCUT2D eigenvalue weighted by Crippen LogP contribution is -2.34. The second-order valence-electron chi connectivity index (χ2n) is 6.01. The van der Waals surface area contributed by atoms with E-state index in [0.717, 1.165) is 21.8 Å². The van der Waals surface area contributed by atoms with Crippen LogP contribution in [-0.4, -0.2) is 10.7 Å². The first kappa shape index (κ1) is 16.7. The highest BCUT2D eigenvalue weighted by Gasteiger charge is 2.27. The Morgan fingerprint density at radius 2 is 1.14 bits per heavy atom. The molecule has 3 heteroatoms. The van der Waals surface area contributed by atoms with Gasteiger partial charge in [0.1, 0.15) is 0 Å². The van der Waals surface area contributed by atoms with E-state index in [0.29, 0.717) is 0 Å². The zero-order chi connectivity index (χ0) is 15.5. The zero-order valence-electron chi connectivity index (χ0n) is 12.3. The lowest BCUT2D eigenvalue weighted by Gasteiger charge is -2.30. The van der Waals surface area contributed by atoms with E-state index >= 15 is 0 Å². The lowest BCUT2D eigenvalue weighted by atomic mass is 9.81. The van der Waals surface area contributed by atoms with Gasteiger partial charge in [-0.1, -0.05) is 56.1 Å². The van der Waals surface area contributed by atoms with Crippen LogP contribution in [0.15, 0.2) is 57.5 Å². The molecule has 2 aromatic carbocycles. The van der Waals surface area contributed by atoms with Crippen LogP contribution in [0.2, 0.25) is 0 Å². The Kier molecular flexibility index (Phi) is 5.64. The minimum Gasteiger partial charge on any atom is -0.390 e. The molecule has 0 aliphatic heterocycles. The van der Waals surface area contributed by atoms with Gasteiger partial charge in [-0.05, 0) is 68.0 Å². The molecule has 21 heavy (non-hydrogen) atoms. The van der Waals surface area contributed by atoms with Crippen LogP contribution in [0.4, 0.5) is 0 Å². The van der Waals surface area contributed by atoms with Gasteiger partial charge in [0, 0.05) is 8.95 Å². The van der Waals surface area contributed by atoms with Gasteiger partial charge < -0.3 is 5.11 Å². The average molecular weight is 412 g/mol. The molecule has 2 aromatic rings. The van der Waals surface area contributed by atoms with Gasteiger partial charge in [-0.3, -0.25) is 0 Å². The number of halogens is 2. The van der Waals surface area contributed by atoms with E-state index in [1.807, 2.05) is 13.8 Å². The average Bonchev–Trinajstić information content (AvgIpc) is 2.42. The van der Waals surface area contributed by atoms with E-state index in [9.17, 15) is 5.11 Å². The minimum atomic E-state index is -0.708. The third kappa shape index (κ3) is 5.24. The van der Waals surface area contributed by atoms with Crippen LogP contribution in [0.1, 0.15) is 25.0 Å². The highest BCUT2D eigenvalue weighted by molar-refractivity contribution is 9.10. The van der Waals surface area contributed by atoms with Crippen molar-refractivity contribution < 1.29 is 5.11 Å². The van der Waals surface area contributed by atoms with Gasteiger partial charge in [-0.25, -0.2) is 0 Å². The predicted molar refractivity (Wildman–Crippen MR) is 95.5 cm³/mol. The normalized spacial score (nSPS) is 11.9. The summed E-state index contributed by atoms with van der Waals surface area (Å²) in [6, 6.07) is 16.7. The molecule has 2 rings (SSSR count). The molecule has 0 spiro atoms. The van der Waals surface area contributed by atoms with Gasteiger partial charge >= 0.3 is 0 Å². The van der Waals surface area contributed by atoms with E-state index in [4.69, 9.17) is 0 Å². The van der Waals surface area contributed by atoms with Crippen LogP contribution in [0.3, 0.4) is 0 Å². The lowest BCUT2D eigenvalue weighted by molar-refractivity contribution is 0.0171. The first-order valence-electron chi connectivity index (χ1n) is 7.06. The molecule has 0 aliphatic carbocycles. The van der Waals surface area contributed by atoms with Crippen LogP contribution in [-0.2, 0) is 12.8 Å². The van der Waals surface area contributed by atoms with Crippen LogP contribution in [0.25, 0.3) is 0 Å². The van der Waals surface area contributed by atoms with E-state index < -0.39 is 5.60 Å². The molecule has 0 heterocycles. The zero-order valence-corrected chi connectivity index (χ0v) is 15.5. The number of rotatable bonds is 5. The first-order valence-corrected chi connectivity index (χ1v) is 8.64. The third-order valence-corrected chi connectivity index (χ3v) is 4.85. The fraction of sp³-hybridized carbons (Fsp3) is 0.333. The summed E-state index contributed by atoms with van der Waals surface area (Å²) < 4.78 is 2.16. The molecule has 0 aromatic heterocycles. The summed E-state index contributed by atoms with van der Waals surface area (Å²) in [5.41, 5.74) is 1.80. The van der Waals surface area contributed by atoms with Gasteiger partial charge in [-0.2, -0.15) is 0 Å². The van der Waals surface area contributed by atoms with Crippen LogP contribution in [0.5, 0.6) is 0 Å². The molecule has 112 valence electrons. The quantitative estimate of drug-likeness (QED) is 0.699. The summed E-state index contributed by atoms with van der Waals surface area (Å²) in [5, 5.41) is 10.5. The van der Waals surface area contributed by atoms with Crippen molar-refractivity contribution >= 4 is 31.9 Å². The smallest absolute Gasteiger partial charge is 0.0626 e. The molecule has 1 nitrogen and oxygen atoms in total. The second kappa shape index (κ2) is 7.08. The van der Waals surface area contributed by atoms with Crippen molar-refractivity contribution in [1.29, 1.82) is 0 Å². The Labute approximate surface area is 143 Å². The molecule has 0 bridgehead atoms. The number of hydrogen-bond donors (Lipinski definition) is 1. The van der Waals surface area contributed by atoms with Crippen molar-refractivity contribution in [2.24, 2.45) is 5.92 Å². The van der Waals surface area contributed by atoms with E-state index in [2.05, 4.69) is 80.4 Å². The highest BCUT2D eigenvalue weighted by Crippen LogP contribution is 2.26. The molecule has 0 saturated heterocycles. The van der Waals surface area contributed by atoms with Crippen LogP contribution < -0.4 is 0 Å². The maximum Gasteiger partial charge on any atom is 0.0626 e. The van der Waals surface area contributed by atoms with Crippen LogP contribution >= 0.6 is 31.9 Å². The van der Waals surface area contributed by atoms with Gasteiger partial charge in [0.2, 0.25) is 0 Å². The molecule has 0 fully saturated rings. The number of benzene rings is 2. The first-order chi connectivity index (χ1) is 9.84. The maximum absolute atomic E-state index is 10.5. The number of aliphatic hydroxyl groups is 1. The summed E-state index contributed by atoms with van der Waals surface area (Å²) in [4.78, 5) is 0. The fourth-order valence-electron chi connectivity index (χ4n) is 2.38. The van der Waals surface area contributed by atoms with Gasteiger partial charge in [0.25, 0.3) is 0 Å². The molecule has 0 unspecified atom stereocenters. The Balaban J connectivity index is 2.15. The Bertz CT molecular complexity index is 520. The summed E-state index contributed by atoms with van der Waals surface area (Å²) in [5.74, 6) is 0.180. The Morgan fingerprint density at radius 3 is 1.43 bits per heavy atom. The summed E-state index contributed by atoms with van der Waals surface area (Å²) in [7, 11) is 0. The maximum atomic E-state index is 10.5. The van der Waals surface area contributed by atoms with Crippen molar-refractivity contribution in [2.75, 3.05) is 0 Å². The molecule has 0 amide bonds. The summed E-state index contributed by atoms with van der Waals surface area (Å²) in [6.07, 6.45) is 1.74. The Morgan fingerprint density at radius 1 is 0.810 bits per heavy atom. The van der Waals surface area contributed by atoms with Crippen molar-refractivity contribution in [3.05, 3.63) is 68.6 Å². The minimum absolute atomic E-state index is 0.180. The molecule has 0 radical (unpaired) electrons. The molecule has 0 atom stereocenters. The molecular formula is C18H20Br2O.